The van der Waals surface area contributed by atoms with Gasteiger partial charge in [0.05, 0.1) is 0 Å². The molecular weight excluding hydrogens is 373 g/mol. The molecule has 2 rings (SSSR count). The first-order valence-electron chi connectivity index (χ1n) is 5.43. The molecule has 0 atom stereocenters. The second-order valence-corrected chi connectivity index (χ2v) is 6.61. The highest BCUT2D eigenvalue weighted by atomic mass is 79.9. The van der Waals surface area contributed by atoms with Crippen LogP contribution in [0, 0.1) is 17.5 Å². The Kier molecular flexibility index (Phi) is 4.15. The molecule has 2 aromatic rings. The highest BCUT2D eigenvalue weighted by Gasteiger charge is 2.23. The lowest BCUT2D eigenvalue weighted by atomic mass is 10.3. The number of hydrogen-bond donors (Lipinski definition) is 2. The Morgan fingerprint density at radius 2 is 1.57 bits per heavy atom. The van der Waals surface area contributed by atoms with Gasteiger partial charge >= 0.3 is 0 Å². The van der Waals surface area contributed by atoms with Crippen LogP contribution in [0.15, 0.2) is 39.7 Å². The molecule has 0 spiro atoms. The molecule has 0 heterocycles. The maximum atomic E-state index is 13.6. The summed E-state index contributed by atoms with van der Waals surface area (Å²) in [6, 6.07) is 4.60. The molecule has 0 saturated heterocycles. The summed E-state index contributed by atoms with van der Waals surface area (Å²) in [6.45, 7) is 0. The molecule has 0 radical (unpaired) electrons. The van der Waals surface area contributed by atoms with Crippen molar-refractivity contribution in [1.29, 1.82) is 0 Å². The van der Waals surface area contributed by atoms with Gasteiger partial charge in [-0.3, -0.25) is 4.72 Å². The zero-order valence-corrected chi connectivity index (χ0v) is 12.6. The summed E-state index contributed by atoms with van der Waals surface area (Å²) >= 11 is 2.86. The molecule has 0 aromatic heterocycles. The van der Waals surface area contributed by atoms with Crippen LogP contribution in [0.4, 0.5) is 24.5 Å². The van der Waals surface area contributed by atoms with Crippen LogP contribution in [-0.2, 0) is 10.0 Å². The van der Waals surface area contributed by atoms with E-state index >= 15 is 0 Å². The number of benzene rings is 2. The van der Waals surface area contributed by atoms with E-state index in [2.05, 4.69) is 15.9 Å². The summed E-state index contributed by atoms with van der Waals surface area (Å²) in [5.74, 6) is -3.38. The number of nitrogens with one attached hydrogen (secondary N) is 1. The van der Waals surface area contributed by atoms with Crippen molar-refractivity contribution in [3.63, 3.8) is 0 Å². The van der Waals surface area contributed by atoms with Crippen molar-refractivity contribution in [2.45, 2.75) is 4.90 Å². The Morgan fingerprint density at radius 1 is 1.00 bits per heavy atom. The van der Waals surface area contributed by atoms with Crippen LogP contribution in [0.3, 0.4) is 0 Å². The Labute approximate surface area is 127 Å². The van der Waals surface area contributed by atoms with Crippen molar-refractivity contribution in [3.8, 4) is 0 Å². The van der Waals surface area contributed by atoms with Gasteiger partial charge in [-0.25, -0.2) is 21.6 Å². The predicted molar refractivity (Wildman–Crippen MR) is 75.7 cm³/mol. The average molecular weight is 381 g/mol. The van der Waals surface area contributed by atoms with Crippen molar-refractivity contribution in [2.24, 2.45) is 0 Å². The van der Waals surface area contributed by atoms with Crippen LogP contribution in [0.5, 0.6) is 0 Å². The van der Waals surface area contributed by atoms with E-state index in [1.165, 1.54) is 0 Å². The highest BCUT2D eigenvalue weighted by Crippen LogP contribution is 2.27. The number of hydrogen-bond acceptors (Lipinski definition) is 3. The SMILES string of the molecule is Nc1ccc(F)c(S(=O)(=O)Nc2c(F)cc(Br)cc2F)c1. The molecule has 4 nitrogen and oxygen atoms in total. The summed E-state index contributed by atoms with van der Waals surface area (Å²) in [6.07, 6.45) is 0. The second kappa shape index (κ2) is 5.57. The van der Waals surface area contributed by atoms with Crippen LogP contribution in [0.25, 0.3) is 0 Å². The molecule has 0 fully saturated rings. The zero-order valence-electron chi connectivity index (χ0n) is 10.2. The number of nitrogen functional groups attached to an aromatic ring is 1. The van der Waals surface area contributed by atoms with Gasteiger partial charge in [0.1, 0.15) is 16.4 Å². The molecule has 0 aliphatic carbocycles. The number of halogens is 4. The Bertz CT molecular complexity index is 789. The first-order chi connectivity index (χ1) is 9.70. The van der Waals surface area contributed by atoms with Crippen LogP contribution < -0.4 is 10.5 Å². The fourth-order valence-corrected chi connectivity index (χ4v) is 3.15. The van der Waals surface area contributed by atoms with E-state index in [1.54, 1.807) is 4.72 Å². The van der Waals surface area contributed by atoms with Gasteiger partial charge in [-0.15, -0.1) is 0 Å². The summed E-state index contributed by atoms with van der Waals surface area (Å²) in [5, 5.41) is 0. The molecule has 2 aromatic carbocycles. The predicted octanol–water partition coefficient (Wildman–Crippen LogP) is 3.25. The number of nitrogens with two attached hydrogens (primary N) is 1. The summed E-state index contributed by atoms with van der Waals surface area (Å²) < 4.78 is 66.6. The quantitative estimate of drug-likeness (QED) is 0.802. The maximum Gasteiger partial charge on any atom is 0.265 e. The Morgan fingerprint density at radius 3 is 2.14 bits per heavy atom. The van der Waals surface area contributed by atoms with Gasteiger partial charge in [0.15, 0.2) is 11.6 Å². The van der Waals surface area contributed by atoms with Crippen LogP contribution in [-0.4, -0.2) is 8.42 Å². The molecule has 0 bridgehead atoms. The van der Waals surface area contributed by atoms with Gasteiger partial charge in [0.25, 0.3) is 10.0 Å². The molecule has 0 unspecified atom stereocenters. The minimum absolute atomic E-state index is 0.00600. The second-order valence-electron chi connectivity index (χ2n) is 4.04. The van der Waals surface area contributed by atoms with Crippen LogP contribution in [0.2, 0.25) is 0 Å². The Hall–Kier alpha value is -1.74. The first-order valence-corrected chi connectivity index (χ1v) is 7.71. The minimum atomic E-state index is -4.52. The number of anilines is 2. The van der Waals surface area contributed by atoms with Crippen molar-refractivity contribution in [2.75, 3.05) is 10.5 Å². The standard InChI is InChI=1S/C12H8BrF3N2O2S/c13-6-3-9(15)12(10(16)4-6)18-21(19,20)11-5-7(17)1-2-8(11)14/h1-5,18H,17H2. The molecule has 3 N–H and O–H groups in total. The van der Waals surface area contributed by atoms with E-state index in [1.807, 2.05) is 0 Å². The monoisotopic (exact) mass is 380 g/mol. The molecule has 9 heteroatoms. The summed E-state index contributed by atoms with van der Waals surface area (Å²) in [4.78, 5) is -0.802. The minimum Gasteiger partial charge on any atom is -0.399 e. The topological polar surface area (TPSA) is 72.2 Å². The smallest absolute Gasteiger partial charge is 0.265 e. The van der Waals surface area contributed by atoms with E-state index in [0.29, 0.717) is 0 Å². The molecule has 0 aliphatic rings. The largest absolute Gasteiger partial charge is 0.399 e. The van der Waals surface area contributed by atoms with Gasteiger partial charge < -0.3 is 5.73 Å². The molecule has 112 valence electrons. The van der Waals surface area contributed by atoms with Gasteiger partial charge in [-0.05, 0) is 30.3 Å². The van der Waals surface area contributed by atoms with Crippen LogP contribution in [0.1, 0.15) is 0 Å². The molecular formula is C12H8BrF3N2O2S. The normalized spacial score (nSPS) is 11.4. The van der Waals surface area contributed by atoms with Crippen molar-refractivity contribution in [3.05, 3.63) is 52.3 Å². The lowest BCUT2D eigenvalue weighted by Crippen LogP contribution is -2.17. The zero-order chi connectivity index (χ0) is 15.8. The van der Waals surface area contributed by atoms with Crippen LogP contribution >= 0.6 is 15.9 Å². The van der Waals surface area contributed by atoms with E-state index in [4.69, 9.17) is 5.73 Å². The molecule has 0 aliphatic heterocycles. The van der Waals surface area contributed by atoms with Gasteiger partial charge in [0.2, 0.25) is 0 Å². The lowest BCUT2D eigenvalue weighted by Gasteiger charge is -2.11. The van der Waals surface area contributed by atoms with E-state index in [9.17, 15) is 21.6 Å². The summed E-state index contributed by atoms with van der Waals surface area (Å²) in [5.41, 5.74) is 4.48. The summed E-state index contributed by atoms with van der Waals surface area (Å²) in [7, 11) is -4.52. The number of rotatable bonds is 3. The van der Waals surface area contributed by atoms with Crippen molar-refractivity contribution < 1.29 is 21.6 Å². The average Bonchev–Trinajstić information content (AvgIpc) is 2.36. The van der Waals surface area contributed by atoms with Gasteiger partial charge in [-0.1, -0.05) is 15.9 Å². The van der Waals surface area contributed by atoms with Gasteiger partial charge in [0, 0.05) is 10.2 Å². The van der Waals surface area contributed by atoms with Gasteiger partial charge in [-0.2, -0.15) is 0 Å². The van der Waals surface area contributed by atoms with Crippen molar-refractivity contribution in [1.82, 2.24) is 0 Å². The fraction of sp³-hybridized carbons (Fsp3) is 0. The fourth-order valence-electron chi connectivity index (χ4n) is 1.55. The lowest BCUT2D eigenvalue weighted by molar-refractivity contribution is 0.566. The van der Waals surface area contributed by atoms with Crippen molar-refractivity contribution >= 4 is 37.3 Å². The third-order valence-electron chi connectivity index (χ3n) is 2.49. The van der Waals surface area contributed by atoms with E-state index in [0.717, 1.165) is 30.3 Å². The molecule has 0 saturated carbocycles. The van der Waals surface area contributed by atoms with E-state index < -0.39 is 38.1 Å². The van der Waals surface area contributed by atoms with E-state index in [-0.39, 0.29) is 10.2 Å². The third-order valence-corrected chi connectivity index (χ3v) is 4.31. The number of sulfonamides is 1. The Balaban J connectivity index is 2.50. The molecule has 21 heavy (non-hydrogen) atoms. The maximum absolute atomic E-state index is 13.6. The first kappa shape index (κ1) is 15.6. The third kappa shape index (κ3) is 3.30. The highest BCUT2D eigenvalue weighted by molar-refractivity contribution is 9.10. The molecule has 0 amide bonds.